The number of nitrogens with one attached hydrogen (secondary N) is 1. The van der Waals surface area contributed by atoms with Gasteiger partial charge in [-0.15, -0.1) is 11.8 Å². The van der Waals surface area contributed by atoms with Crippen molar-refractivity contribution in [1.82, 2.24) is 14.9 Å². The molecule has 0 bridgehead atoms. The molecule has 5 nitrogen and oxygen atoms in total. The van der Waals surface area contributed by atoms with Crippen molar-refractivity contribution in [2.45, 2.75) is 37.5 Å². The molecule has 1 aliphatic heterocycles. The minimum Gasteiger partial charge on any atom is -0.341 e. The summed E-state index contributed by atoms with van der Waals surface area (Å²) in [6.45, 7) is 5.27. The fourth-order valence-electron chi connectivity index (χ4n) is 3.21. The molecule has 0 radical (unpaired) electrons. The Kier molecular flexibility index (Phi) is 5.58. The van der Waals surface area contributed by atoms with Crippen molar-refractivity contribution in [3.8, 4) is 0 Å². The molecule has 1 N–H and O–H groups in total. The normalized spacial score (nSPS) is 17.5. The van der Waals surface area contributed by atoms with Crippen molar-refractivity contribution in [2.24, 2.45) is 0 Å². The molecule has 0 saturated carbocycles. The van der Waals surface area contributed by atoms with E-state index in [1.807, 2.05) is 17.0 Å². The van der Waals surface area contributed by atoms with Gasteiger partial charge in [0.05, 0.1) is 11.4 Å². The standard InChI is InChI=1S/C19H23N3O2S/c1-13-6-3-4-8-17(13)25-12-19(24)22-9-5-7-15(11-22)16-10-18(23)21-14(2)20-16/h3-4,6,8,10,15H,5,7,9,11-12H2,1-2H3,(H,20,21,23)/t15-/m1/s1. The van der Waals surface area contributed by atoms with Crippen LogP contribution in [0.5, 0.6) is 0 Å². The summed E-state index contributed by atoms with van der Waals surface area (Å²) in [5, 5.41) is 0. The Morgan fingerprint density at radius 3 is 2.92 bits per heavy atom. The minimum absolute atomic E-state index is 0.124. The van der Waals surface area contributed by atoms with Crippen molar-refractivity contribution >= 4 is 17.7 Å². The van der Waals surface area contributed by atoms with Gasteiger partial charge < -0.3 is 9.88 Å². The van der Waals surface area contributed by atoms with Crippen LogP contribution >= 0.6 is 11.8 Å². The zero-order valence-electron chi connectivity index (χ0n) is 14.6. The number of aromatic amines is 1. The number of thioether (sulfide) groups is 1. The second-order valence-corrected chi connectivity index (χ2v) is 7.51. The van der Waals surface area contributed by atoms with Gasteiger partial charge in [-0.1, -0.05) is 18.2 Å². The number of hydrogen-bond acceptors (Lipinski definition) is 4. The first kappa shape index (κ1) is 17.7. The number of piperidine rings is 1. The van der Waals surface area contributed by atoms with E-state index < -0.39 is 0 Å². The Morgan fingerprint density at radius 2 is 2.16 bits per heavy atom. The van der Waals surface area contributed by atoms with Gasteiger partial charge in [0, 0.05) is 30.0 Å². The fourth-order valence-corrected chi connectivity index (χ4v) is 4.14. The summed E-state index contributed by atoms with van der Waals surface area (Å²) in [7, 11) is 0. The van der Waals surface area contributed by atoms with Crippen LogP contribution < -0.4 is 5.56 Å². The minimum atomic E-state index is -0.124. The molecule has 1 amide bonds. The first-order valence-corrected chi connectivity index (χ1v) is 9.55. The van der Waals surface area contributed by atoms with E-state index in [2.05, 4.69) is 29.0 Å². The van der Waals surface area contributed by atoms with Gasteiger partial charge in [0.2, 0.25) is 5.91 Å². The van der Waals surface area contributed by atoms with Crippen LogP contribution in [0.1, 0.15) is 35.8 Å². The van der Waals surface area contributed by atoms with Gasteiger partial charge in [-0.3, -0.25) is 9.59 Å². The molecule has 0 aliphatic carbocycles. The van der Waals surface area contributed by atoms with Crippen molar-refractivity contribution < 1.29 is 4.79 Å². The summed E-state index contributed by atoms with van der Waals surface area (Å²) in [4.78, 5) is 34.5. The molecule has 1 atom stereocenters. The Hall–Kier alpha value is -2.08. The Bertz CT molecular complexity index is 818. The molecular weight excluding hydrogens is 334 g/mol. The molecule has 0 unspecified atom stereocenters. The molecule has 3 rings (SSSR count). The molecule has 1 aromatic carbocycles. The van der Waals surface area contributed by atoms with E-state index in [4.69, 9.17) is 0 Å². The lowest BCUT2D eigenvalue weighted by molar-refractivity contribution is -0.129. The second-order valence-electron chi connectivity index (χ2n) is 6.49. The molecule has 2 aromatic rings. The summed E-state index contributed by atoms with van der Waals surface area (Å²) in [6, 6.07) is 9.68. The number of carbonyl (C=O) groups is 1. The predicted molar refractivity (Wildman–Crippen MR) is 100 cm³/mol. The number of carbonyl (C=O) groups excluding carboxylic acids is 1. The number of H-pyrrole nitrogens is 1. The summed E-state index contributed by atoms with van der Waals surface area (Å²) in [5.74, 6) is 1.36. The average Bonchev–Trinajstić information content (AvgIpc) is 2.60. The molecule has 1 aliphatic rings. The lowest BCUT2D eigenvalue weighted by atomic mass is 9.94. The topological polar surface area (TPSA) is 66.1 Å². The number of aromatic nitrogens is 2. The van der Waals surface area contributed by atoms with Crippen LogP contribution in [-0.4, -0.2) is 39.6 Å². The van der Waals surface area contributed by atoms with Gasteiger partial charge >= 0.3 is 0 Å². The van der Waals surface area contributed by atoms with Crippen molar-refractivity contribution in [2.75, 3.05) is 18.8 Å². The SMILES string of the molecule is Cc1nc([C@@H]2CCCN(C(=O)CSc3ccccc3C)C2)cc(=O)[nH]1. The number of rotatable bonds is 4. The van der Waals surface area contributed by atoms with Gasteiger partial charge in [0.25, 0.3) is 5.56 Å². The highest BCUT2D eigenvalue weighted by Crippen LogP contribution is 2.27. The van der Waals surface area contributed by atoms with Crippen LogP contribution in [-0.2, 0) is 4.79 Å². The zero-order chi connectivity index (χ0) is 17.8. The van der Waals surface area contributed by atoms with E-state index in [-0.39, 0.29) is 17.4 Å². The van der Waals surface area contributed by atoms with Gasteiger partial charge in [0.15, 0.2) is 0 Å². The van der Waals surface area contributed by atoms with E-state index >= 15 is 0 Å². The van der Waals surface area contributed by atoms with E-state index in [0.29, 0.717) is 18.1 Å². The number of nitrogens with zero attached hydrogens (tertiary/aromatic N) is 2. The summed E-state index contributed by atoms with van der Waals surface area (Å²) in [6.07, 6.45) is 1.91. The third kappa shape index (κ3) is 4.51. The quantitative estimate of drug-likeness (QED) is 0.855. The molecule has 1 saturated heterocycles. The highest BCUT2D eigenvalue weighted by atomic mass is 32.2. The number of hydrogen-bond donors (Lipinski definition) is 1. The summed E-state index contributed by atoms with van der Waals surface area (Å²) >= 11 is 1.59. The number of amides is 1. The zero-order valence-corrected chi connectivity index (χ0v) is 15.4. The Balaban J connectivity index is 1.63. The van der Waals surface area contributed by atoms with Crippen LogP contribution in [0.15, 0.2) is 40.0 Å². The van der Waals surface area contributed by atoms with Gasteiger partial charge in [0.1, 0.15) is 5.82 Å². The monoisotopic (exact) mass is 357 g/mol. The maximum Gasteiger partial charge on any atom is 0.251 e. The first-order valence-electron chi connectivity index (χ1n) is 8.57. The molecule has 25 heavy (non-hydrogen) atoms. The lowest BCUT2D eigenvalue weighted by Gasteiger charge is -2.32. The van der Waals surface area contributed by atoms with Crippen molar-refractivity contribution in [3.05, 3.63) is 57.8 Å². The van der Waals surface area contributed by atoms with Gasteiger partial charge in [-0.05, 0) is 38.3 Å². The lowest BCUT2D eigenvalue weighted by Crippen LogP contribution is -2.40. The maximum atomic E-state index is 12.6. The maximum absolute atomic E-state index is 12.6. The highest BCUT2D eigenvalue weighted by Gasteiger charge is 2.26. The van der Waals surface area contributed by atoms with Crippen LogP contribution in [0.2, 0.25) is 0 Å². The third-order valence-corrected chi connectivity index (χ3v) is 5.68. The van der Waals surface area contributed by atoms with Gasteiger partial charge in [-0.25, -0.2) is 4.98 Å². The molecule has 1 fully saturated rings. The predicted octanol–water partition coefficient (Wildman–Crippen LogP) is 2.89. The second kappa shape index (κ2) is 7.87. The van der Waals surface area contributed by atoms with Crippen molar-refractivity contribution in [3.63, 3.8) is 0 Å². The largest absolute Gasteiger partial charge is 0.341 e. The van der Waals surface area contributed by atoms with Gasteiger partial charge in [-0.2, -0.15) is 0 Å². The third-order valence-electron chi connectivity index (χ3n) is 4.52. The average molecular weight is 357 g/mol. The Labute approximate surface area is 151 Å². The van der Waals surface area contributed by atoms with E-state index in [1.165, 1.54) is 5.56 Å². The molecule has 0 spiro atoms. The van der Waals surface area contributed by atoms with Crippen LogP contribution in [0.4, 0.5) is 0 Å². The van der Waals surface area contributed by atoms with E-state index in [0.717, 1.165) is 30.0 Å². The summed E-state index contributed by atoms with van der Waals surface area (Å²) < 4.78 is 0. The van der Waals surface area contributed by atoms with Crippen molar-refractivity contribution in [1.29, 1.82) is 0 Å². The van der Waals surface area contributed by atoms with E-state index in [9.17, 15) is 9.59 Å². The van der Waals surface area contributed by atoms with Crippen LogP contribution in [0.25, 0.3) is 0 Å². The van der Waals surface area contributed by atoms with E-state index in [1.54, 1.807) is 24.8 Å². The number of aryl methyl sites for hydroxylation is 2. The molecule has 1 aromatic heterocycles. The molecular formula is C19H23N3O2S. The first-order chi connectivity index (χ1) is 12.0. The van der Waals surface area contributed by atoms with Crippen LogP contribution in [0.3, 0.4) is 0 Å². The molecule has 2 heterocycles. The van der Waals surface area contributed by atoms with Crippen LogP contribution in [0, 0.1) is 13.8 Å². The number of likely N-dealkylation sites (tertiary alicyclic amines) is 1. The smallest absolute Gasteiger partial charge is 0.251 e. The highest BCUT2D eigenvalue weighted by molar-refractivity contribution is 8.00. The molecule has 6 heteroatoms. The summed E-state index contributed by atoms with van der Waals surface area (Å²) in [5.41, 5.74) is 1.87. The number of benzene rings is 1. The molecule has 132 valence electrons. The fraction of sp³-hybridized carbons (Fsp3) is 0.421. The Morgan fingerprint density at radius 1 is 1.36 bits per heavy atom.